The van der Waals surface area contributed by atoms with Gasteiger partial charge in [0, 0.05) is 49.8 Å². The molecule has 1 saturated carbocycles. The predicted molar refractivity (Wildman–Crippen MR) is 102 cm³/mol. The second-order valence-corrected chi connectivity index (χ2v) is 10.4. The second kappa shape index (κ2) is 5.57. The van der Waals surface area contributed by atoms with E-state index in [1.54, 1.807) is 0 Å². The van der Waals surface area contributed by atoms with Gasteiger partial charge in [-0.3, -0.25) is 9.69 Å². The lowest BCUT2D eigenvalue weighted by atomic mass is 9.73. The molecule has 1 amide bonds. The molecule has 148 valence electrons. The van der Waals surface area contributed by atoms with Crippen LogP contribution in [0.3, 0.4) is 0 Å². The normalized spacial score (nSPS) is 38.9. The van der Waals surface area contributed by atoms with Crippen LogP contribution in [0.1, 0.15) is 46.4 Å². The highest BCUT2D eigenvalue weighted by molar-refractivity contribution is 5.84. The first-order valence-electron chi connectivity index (χ1n) is 10.4. The minimum Gasteiger partial charge on any atom is -0.370 e. The maximum Gasteiger partial charge on any atom is 0.224 e. The number of likely N-dealkylation sites (tertiary alicyclic amines) is 1. The van der Waals surface area contributed by atoms with Crippen LogP contribution in [0.5, 0.6) is 0 Å². The van der Waals surface area contributed by atoms with E-state index in [-0.39, 0.29) is 28.3 Å². The average molecular weight is 373 g/mol. The molecule has 6 nitrogen and oxygen atoms in total. The summed E-state index contributed by atoms with van der Waals surface area (Å²) in [6.07, 6.45) is 6.30. The number of rotatable bonds is 5. The van der Waals surface area contributed by atoms with E-state index in [2.05, 4.69) is 47.9 Å². The number of nitrogens with one attached hydrogen (secondary N) is 2. The van der Waals surface area contributed by atoms with Crippen molar-refractivity contribution >= 4 is 5.91 Å². The van der Waals surface area contributed by atoms with Crippen LogP contribution in [0.25, 0.3) is 0 Å². The molecule has 6 heteroatoms. The largest absolute Gasteiger partial charge is 0.370 e. The van der Waals surface area contributed by atoms with E-state index in [1.165, 1.54) is 0 Å². The van der Waals surface area contributed by atoms with Crippen molar-refractivity contribution in [1.82, 2.24) is 20.2 Å². The molecule has 4 heterocycles. The van der Waals surface area contributed by atoms with Crippen LogP contribution in [-0.4, -0.2) is 52.1 Å². The highest BCUT2D eigenvalue weighted by Gasteiger charge is 2.68. The molecule has 0 radical (unpaired) electrons. The number of carbonyl (C=O) groups excluding carboxylic acids is 1. The van der Waals surface area contributed by atoms with E-state index in [4.69, 9.17) is 4.74 Å². The number of imidazole rings is 1. The third-order valence-corrected chi connectivity index (χ3v) is 8.58. The Hall–Kier alpha value is -1.40. The van der Waals surface area contributed by atoms with E-state index in [1.807, 2.05) is 12.4 Å². The van der Waals surface area contributed by atoms with Gasteiger partial charge in [-0.1, -0.05) is 27.7 Å². The van der Waals surface area contributed by atoms with Gasteiger partial charge in [-0.25, -0.2) is 4.98 Å². The predicted octanol–water partition coefficient (Wildman–Crippen LogP) is 2.19. The zero-order valence-electron chi connectivity index (χ0n) is 16.9. The van der Waals surface area contributed by atoms with Gasteiger partial charge >= 0.3 is 0 Å². The maximum atomic E-state index is 12.8. The van der Waals surface area contributed by atoms with Gasteiger partial charge in [-0.15, -0.1) is 0 Å². The second-order valence-electron chi connectivity index (χ2n) is 10.4. The van der Waals surface area contributed by atoms with Crippen LogP contribution in [0.15, 0.2) is 12.4 Å². The molecule has 27 heavy (non-hydrogen) atoms. The molecule has 1 aromatic heterocycles. The van der Waals surface area contributed by atoms with Gasteiger partial charge in [0.2, 0.25) is 5.91 Å². The molecule has 0 aromatic carbocycles. The lowest BCUT2D eigenvalue weighted by Gasteiger charge is -2.29. The van der Waals surface area contributed by atoms with Crippen LogP contribution in [0.2, 0.25) is 0 Å². The van der Waals surface area contributed by atoms with Crippen LogP contribution in [-0.2, 0) is 16.1 Å². The number of hydrogen-bond acceptors (Lipinski definition) is 4. The molecule has 1 aliphatic carbocycles. The van der Waals surface area contributed by atoms with Crippen molar-refractivity contribution in [2.45, 2.75) is 58.8 Å². The third-order valence-electron chi connectivity index (χ3n) is 8.58. The summed E-state index contributed by atoms with van der Waals surface area (Å²) < 4.78 is 6.51. The SMILES string of the molecule is CC1(C)C(C(=O)NC[C@H]2[C@H]3CN(Cc4ncc[nH]4)C[C@]34CC[C@H]2O4)C1(C)C. The Labute approximate surface area is 161 Å². The van der Waals surface area contributed by atoms with Gasteiger partial charge in [0.1, 0.15) is 5.82 Å². The number of hydrogen-bond donors (Lipinski definition) is 2. The minimum absolute atomic E-state index is 0.00474. The highest BCUT2D eigenvalue weighted by atomic mass is 16.5. The molecule has 0 unspecified atom stereocenters. The highest BCUT2D eigenvalue weighted by Crippen LogP contribution is 2.68. The van der Waals surface area contributed by atoms with E-state index in [9.17, 15) is 4.79 Å². The van der Waals surface area contributed by atoms with Gasteiger partial charge in [0.25, 0.3) is 0 Å². The standard InChI is InChI=1S/C21H32N4O2/c1-19(2)17(20(19,3)4)18(26)24-9-13-14-10-25(11-16-22-7-8-23-16)12-21(14)6-5-15(13)27-21/h7-8,13-15,17H,5-6,9-12H2,1-4H3,(H,22,23)(H,24,26)/t13-,14+,15+,21+/m0/s1. The van der Waals surface area contributed by atoms with Crippen LogP contribution >= 0.6 is 0 Å². The number of ether oxygens (including phenoxy) is 1. The molecule has 4 aliphatic rings. The van der Waals surface area contributed by atoms with Crippen LogP contribution < -0.4 is 5.32 Å². The van der Waals surface area contributed by atoms with E-state index in [0.717, 1.165) is 44.8 Å². The minimum atomic E-state index is 0.00474. The smallest absolute Gasteiger partial charge is 0.224 e. The van der Waals surface area contributed by atoms with Gasteiger partial charge < -0.3 is 15.0 Å². The molecular weight excluding hydrogens is 340 g/mol. The number of H-pyrrole nitrogens is 1. The number of carbonyl (C=O) groups is 1. The number of aromatic nitrogens is 2. The first-order valence-corrected chi connectivity index (χ1v) is 10.4. The van der Waals surface area contributed by atoms with Crippen molar-refractivity contribution < 1.29 is 9.53 Å². The van der Waals surface area contributed by atoms with Crippen molar-refractivity contribution in [1.29, 1.82) is 0 Å². The van der Waals surface area contributed by atoms with Crippen molar-refractivity contribution in [2.75, 3.05) is 19.6 Å². The Kier molecular flexibility index (Phi) is 3.65. The average Bonchev–Trinajstić information content (AvgIpc) is 3.21. The van der Waals surface area contributed by atoms with Crippen molar-refractivity contribution in [3.63, 3.8) is 0 Å². The lowest BCUT2D eigenvalue weighted by Crippen LogP contribution is -2.42. The molecule has 1 aromatic rings. The van der Waals surface area contributed by atoms with E-state index >= 15 is 0 Å². The summed E-state index contributed by atoms with van der Waals surface area (Å²) in [6.45, 7) is 12.5. The molecule has 1 spiro atoms. The summed E-state index contributed by atoms with van der Waals surface area (Å²) in [7, 11) is 0. The van der Waals surface area contributed by atoms with E-state index < -0.39 is 0 Å². The maximum absolute atomic E-state index is 12.8. The van der Waals surface area contributed by atoms with Crippen LogP contribution in [0, 0.1) is 28.6 Å². The lowest BCUT2D eigenvalue weighted by molar-refractivity contribution is -0.123. The zero-order valence-corrected chi connectivity index (χ0v) is 16.9. The van der Waals surface area contributed by atoms with Crippen molar-refractivity contribution in [2.24, 2.45) is 28.6 Å². The topological polar surface area (TPSA) is 70.2 Å². The number of fused-ring (bicyclic) bond motifs is 1. The number of amides is 1. The Morgan fingerprint density at radius 1 is 1.37 bits per heavy atom. The van der Waals surface area contributed by atoms with Gasteiger partial charge in [0.15, 0.2) is 0 Å². The molecule has 3 saturated heterocycles. The van der Waals surface area contributed by atoms with Gasteiger partial charge in [0.05, 0.1) is 18.2 Å². The Bertz CT molecular complexity index is 729. The molecule has 4 atom stereocenters. The monoisotopic (exact) mass is 372 g/mol. The number of nitrogens with zero attached hydrogens (tertiary/aromatic N) is 2. The van der Waals surface area contributed by atoms with Crippen molar-refractivity contribution in [3.05, 3.63) is 18.2 Å². The molecule has 5 rings (SSSR count). The molecule has 4 fully saturated rings. The summed E-state index contributed by atoms with van der Waals surface area (Å²) in [6, 6.07) is 0. The summed E-state index contributed by atoms with van der Waals surface area (Å²) in [4.78, 5) is 22.8. The number of aromatic amines is 1. The van der Waals surface area contributed by atoms with Crippen molar-refractivity contribution in [3.8, 4) is 0 Å². The summed E-state index contributed by atoms with van der Waals surface area (Å²) in [5.74, 6) is 2.33. The first kappa shape index (κ1) is 17.7. The fourth-order valence-corrected chi connectivity index (χ4v) is 6.45. The molecule has 3 aliphatic heterocycles. The Morgan fingerprint density at radius 3 is 2.81 bits per heavy atom. The quantitative estimate of drug-likeness (QED) is 0.831. The van der Waals surface area contributed by atoms with Gasteiger partial charge in [-0.05, 0) is 23.7 Å². The Morgan fingerprint density at radius 2 is 2.15 bits per heavy atom. The molecule has 2 N–H and O–H groups in total. The van der Waals surface area contributed by atoms with Crippen LogP contribution in [0.4, 0.5) is 0 Å². The zero-order chi connectivity index (χ0) is 19.0. The third kappa shape index (κ3) is 2.45. The summed E-state index contributed by atoms with van der Waals surface area (Å²) in [5, 5.41) is 3.30. The fraction of sp³-hybridized carbons (Fsp3) is 0.810. The molecular formula is C21H32N4O2. The molecule has 2 bridgehead atoms. The fourth-order valence-electron chi connectivity index (χ4n) is 6.45. The summed E-state index contributed by atoms with van der Waals surface area (Å²) >= 11 is 0. The first-order chi connectivity index (χ1) is 12.7. The summed E-state index contributed by atoms with van der Waals surface area (Å²) in [5.41, 5.74) is 0.193. The van der Waals surface area contributed by atoms with Gasteiger partial charge in [-0.2, -0.15) is 0 Å². The Balaban J connectivity index is 1.23. The van der Waals surface area contributed by atoms with E-state index in [0.29, 0.717) is 17.9 Å².